The third-order valence-electron chi connectivity index (χ3n) is 7.12. The predicted molar refractivity (Wildman–Crippen MR) is 184 cm³/mol. The van der Waals surface area contributed by atoms with E-state index in [2.05, 4.69) is 10.2 Å². The second kappa shape index (κ2) is 14.2. The van der Waals surface area contributed by atoms with Gasteiger partial charge in [0.2, 0.25) is 0 Å². The first-order valence-electron chi connectivity index (χ1n) is 14.4. The van der Waals surface area contributed by atoms with Crippen molar-refractivity contribution in [2.24, 2.45) is 4.99 Å². The third kappa shape index (κ3) is 7.07. The van der Waals surface area contributed by atoms with Gasteiger partial charge in [-0.1, -0.05) is 84.4 Å². The second-order valence-electron chi connectivity index (χ2n) is 10.2. The number of benzene rings is 4. The standard InChI is InChI=1S/C34H27ClN6O3S2/c1-2-39-31(25-14-9-15-27(35)18-25)37-38-34(39)45-29-17-16-28(41(43)44)19-26(29)20-30-32(42)40(22-24-12-7-4-8-13-24)33(46-30)36-21-23-10-5-3-6-11-23/h3-20H,2,21-22H2,1H3/b30-20+,36-33?. The lowest BCUT2D eigenvalue weighted by Gasteiger charge is -2.15. The van der Waals surface area contributed by atoms with Crippen molar-refractivity contribution in [2.45, 2.75) is 36.6 Å². The molecule has 0 aliphatic carbocycles. The van der Waals surface area contributed by atoms with Gasteiger partial charge in [0.25, 0.3) is 11.6 Å². The number of aromatic nitrogens is 3. The van der Waals surface area contributed by atoms with E-state index in [9.17, 15) is 14.9 Å². The first-order chi connectivity index (χ1) is 22.4. The van der Waals surface area contributed by atoms with Gasteiger partial charge in [0.15, 0.2) is 16.1 Å². The fourth-order valence-electron chi connectivity index (χ4n) is 4.86. The van der Waals surface area contributed by atoms with E-state index in [-0.39, 0.29) is 11.6 Å². The summed E-state index contributed by atoms with van der Waals surface area (Å²) in [6, 6.07) is 31.6. The lowest BCUT2D eigenvalue weighted by molar-refractivity contribution is -0.384. The zero-order valence-corrected chi connectivity index (χ0v) is 27.0. The van der Waals surface area contributed by atoms with Gasteiger partial charge in [-0.3, -0.25) is 24.8 Å². The van der Waals surface area contributed by atoms with Crippen LogP contribution in [0.5, 0.6) is 0 Å². The van der Waals surface area contributed by atoms with E-state index in [4.69, 9.17) is 16.6 Å². The highest BCUT2D eigenvalue weighted by Gasteiger charge is 2.33. The molecule has 0 N–H and O–H groups in total. The Kier molecular flexibility index (Phi) is 9.62. The van der Waals surface area contributed by atoms with Crippen LogP contribution in [0.3, 0.4) is 0 Å². The largest absolute Gasteiger partial charge is 0.302 e. The molecule has 9 nitrogen and oxygen atoms in total. The SMILES string of the molecule is CCn1c(Sc2ccc([N+](=O)[O-])cc2/C=C2/SC(=NCc3ccccc3)N(Cc3ccccc3)C2=O)nnc1-c1cccc(Cl)c1. The van der Waals surface area contributed by atoms with Crippen LogP contribution in [0.15, 0.2) is 123 Å². The minimum atomic E-state index is -0.444. The Morgan fingerprint density at radius 3 is 2.39 bits per heavy atom. The second-order valence-corrected chi connectivity index (χ2v) is 12.7. The van der Waals surface area contributed by atoms with Crippen molar-refractivity contribution < 1.29 is 9.72 Å². The van der Waals surface area contributed by atoms with Crippen LogP contribution < -0.4 is 0 Å². The Balaban J connectivity index is 1.36. The molecule has 2 heterocycles. The van der Waals surface area contributed by atoms with E-state index in [1.807, 2.05) is 90.4 Å². The molecular weight excluding hydrogens is 640 g/mol. The molecule has 230 valence electrons. The summed E-state index contributed by atoms with van der Waals surface area (Å²) in [6.45, 7) is 3.34. The van der Waals surface area contributed by atoms with Gasteiger partial charge in [0.1, 0.15) is 0 Å². The number of hydrogen-bond donors (Lipinski definition) is 0. The number of nitrogens with zero attached hydrogens (tertiary/aromatic N) is 6. The average molecular weight is 667 g/mol. The number of nitro benzene ring substituents is 1. The number of amidine groups is 1. The molecule has 0 spiro atoms. The van der Waals surface area contributed by atoms with Gasteiger partial charge in [0.05, 0.1) is 22.9 Å². The van der Waals surface area contributed by atoms with E-state index in [0.29, 0.717) is 56.2 Å². The van der Waals surface area contributed by atoms with Gasteiger partial charge in [-0.05, 0) is 71.4 Å². The molecule has 0 bridgehead atoms. The number of carbonyl (C=O) groups excluding carboxylic acids is 1. The van der Waals surface area contributed by atoms with Crippen LogP contribution in [-0.4, -0.2) is 35.7 Å². The van der Waals surface area contributed by atoms with Gasteiger partial charge < -0.3 is 4.57 Å². The molecule has 1 saturated heterocycles. The van der Waals surface area contributed by atoms with Crippen LogP contribution in [0.25, 0.3) is 17.5 Å². The molecule has 0 atom stereocenters. The molecule has 0 unspecified atom stereocenters. The Morgan fingerprint density at radius 2 is 1.70 bits per heavy atom. The molecule has 0 radical (unpaired) electrons. The number of nitro groups is 1. The molecule has 1 aliphatic heterocycles. The van der Waals surface area contributed by atoms with Crippen molar-refractivity contribution in [1.82, 2.24) is 19.7 Å². The fraction of sp³-hybridized carbons (Fsp3) is 0.118. The summed E-state index contributed by atoms with van der Waals surface area (Å²) in [4.78, 5) is 32.8. The monoisotopic (exact) mass is 666 g/mol. The van der Waals surface area contributed by atoms with Crippen molar-refractivity contribution >= 4 is 58.0 Å². The van der Waals surface area contributed by atoms with E-state index >= 15 is 0 Å². The Bertz CT molecular complexity index is 1960. The van der Waals surface area contributed by atoms with Gasteiger partial charge in [-0.25, -0.2) is 0 Å². The maximum atomic E-state index is 13.9. The smallest absolute Gasteiger partial charge is 0.270 e. The van der Waals surface area contributed by atoms with E-state index in [0.717, 1.165) is 16.7 Å². The number of amides is 1. The quantitative estimate of drug-likeness (QED) is 0.0838. The minimum absolute atomic E-state index is 0.0812. The summed E-state index contributed by atoms with van der Waals surface area (Å²) in [5.41, 5.74) is 3.26. The van der Waals surface area contributed by atoms with Crippen molar-refractivity contribution in [1.29, 1.82) is 0 Å². The lowest BCUT2D eigenvalue weighted by atomic mass is 10.1. The number of hydrogen-bond acceptors (Lipinski definition) is 8. The van der Waals surface area contributed by atoms with Gasteiger partial charge >= 0.3 is 0 Å². The van der Waals surface area contributed by atoms with Crippen LogP contribution >= 0.6 is 35.1 Å². The topological polar surface area (TPSA) is 107 Å². The highest BCUT2D eigenvalue weighted by molar-refractivity contribution is 8.18. The zero-order valence-electron chi connectivity index (χ0n) is 24.6. The first kappa shape index (κ1) is 31.3. The Labute approximate surface area is 279 Å². The lowest BCUT2D eigenvalue weighted by Crippen LogP contribution is -2.28. The van der Waals surface area contributed by atoms with Crippen LogP contribution in [-0.2, 0) is 24.4 Å². The molecule has 1 aromatic heterocycles. The molecule has 1 amide bonds. The Morgan fingerprint density at radius 1 is 0.957 bits per heavy atom. The summed E-state index contributed by atoms with van der Waals surface area (Å²) >= 11 is 8.82. The summed E-state index contributed by atoms with van der Waals surface area (Å²) in [7, 11) is 0. The number of aliphatic imine (C=N–C) groups is 1. The van der Waals surface area contributed by atoms with Crippen molar-refractivity contribution in [3.8, 4) is 11.4 Å². The maximum absolute atomic E-state index is 13.9. The van der Waals surface area contributed by atoms with E-state index < -0.39 is 4.92 Å². The first-order valence-corrected chi connectivity index (χ1v) is 16.4. The summed E-state index contributed by atoms with van der Waals surface area (Å²) in [5.74, 6) is 0.440. The van der Waals surface area contributed by atoms with Gasteiger partial charge in [-0.15, -0.1) is 10.2 Å². The third-order valence-corrected chi connectivity index (χ3v) is 9.48. The minimum Gasteiger partial charge on any atom is -0.302 e. The predicted octanol–water partition coefficient (Wildman–Crippen LogP) is 8.35. The molecule has 12 heteroatoms. The van der Waals surface area contributed by atoms with Crippen molar-refractivity contribution in [3.05, 3.63) is 140 Å². The summed E-state index contributed by atoms with van der Waals surface area (Å²) in [6.07, 6.45) is 1.70. The van der Waals surface area contributed by atoms with Crippen LogP contribution in [0.1, 0.15) is 23.6 Å². The molecule has 4 aromatic carbocycles. The number of non-ortho nitro benzene ring substituents is 1. The number of rotatable bonds is 10. The number of thioether (sulfide) groups is 1. The van der Waals surface area contributed by atoms with E-state index in [1.54, 1.807) is 23.1 Å². The molecule has 46 heavy (non-hydrogen) atoms. The molecule has 0 saturated carbocycles. The van der Waals surface area contributed by atoms with Crippen LogP contribution in [0.4, 0.5) is 5.69 Å². The van der Waals surface area contributed by atoms with Crippen molar-refractivity contribution in [3.63, 3.8) is 0 Å². The zero-order chi connectivity index (χ0) is 32.0. The maximum Gasteiger partial charge on any atom is 0.270 e. The molecule has 1 fully saturated rings. The number of halogens is 1. The molecule has 1 aliphatic rings. The van der Waals surface area contributed by atoms with Crippen LogP contribution in [0.2, 0.25) is 5.02 Å². The van der Waals surface area contributed by atoms with Crippen molar-refractivity contribution in [2.75, 3.05) is 0 Å². The summed E-state index contributed by atoms with van der Waals surface area (Å²) < 4.78 is 1.96. The normalized spacial score (nSPS) is 14.8. The van der Waals surface area contributed by atoms with Gasteiger partial charge in [-0.2, -0.15) is 0 Å². The molecule has 5 aromatic rings. The van der Waals surface area contributed by atoms with E-state index in [1.165, 1.54) is 35.7 Å². The Hall–Kier alpha value is -4.71. The number of carbonyl (C=O) groups is 1. The summed E-state index contributed by atoms with van der Waals surface area (Å²) in [5, 5.41) is 22.4. The van der Waals surface area contributed by atoms with Gasteiger partial charge in [0, 0.05) is 34.2 Å². The van der Waals surface area contributed by atoms with Crippen LogP contribution in [0, 0.1) is 10.1 Å². The fourth-order valence-corrected chi connectivity index (χ4v) is 6.99. The average Bonchev–Trinajstić information content (AvgIpc) is 3.61. The highest BCUT2D eigenvalue weighted by Crippen LogP contribution is 2.39. The molecule has 6 rings (SSSR count). The molecular formula is C34H27ClN6O3S2. The highest BCUT2D eigenvalue weighted by atomic mass is 35.5.